The third-order valence-corrected chi connectivity index (χ3v) is 4.29. The van der Waals surface area contributed by atoms with E-state index in [-0.39, 0.29) is 11.8 Å². The van der Waals surface area contributed by atoms with E-state index in [9.17, 15) is 18.4 Å². The first-order chi connectivity index (χ1) is 12.0. The molecule has 1 unspecified atom stereocenters. The van der Waals surface area contributed by atoms with Gasteiger partial charge in [0, 0.05) is 61.1 Å². The molecule has 0 saturated carbocycles. The molecule has 0 spiro atoms. The number of benzene rings is 1. The second kappa shape index (κ2) is 7.45. The summed E-state index contributed by atoms with van der Waals surface area (Å²) < 4.78 is 23.4. The Kier molecular flexibility index (Phi) is 5.10. The summed E-state index contributed by atoms with van der Waals surface area (Å²) in [4.78, 5) is 34.7. The van der Waals surface area contributed by atoms with E-state index < -0.39 is 11.3 Å². The molecule has 132 valence electrons. The lowest BCUT2D eigenvalue weighted by atomic mass is 10.1. The molecule has 2 amide bonds. The van der Waals surface area contributed by atoms with Crippen LogP contribution in [0.1, 0.15) is 21.0 Å². The minimum Gasteiger partial charge on any atom is -0.755 e. The summed E-state index contributed by atoms with van der Waals surface area (Å²) in [5.74, 6) is -0.0448. The molecule has 0 radical (unpaired) electrons. The quantitative estimate of drug-likeness (QED) is 0.753. The van der Waals surface area contributed by atoms with Gasteiger partial charge in [-0.1, -0.05) is 0 Å². The van der Waals surface area contributed by atoms with E-state index in [1.807, 2.05) is 0 Å². The van der Waals surface area contributed by atoms with E-state index in [0.29, 0.717) is 43.3 Å². The number of rotatable bonds is 4. The topological polar surface area (TPSA) is 121 Å². The lowest BCUT2D eigenvalue weighted by Gasteiger charge is -2.34. The van der Waals surface area contributed by atoms with Gasteiger partial charge in [0.1, 0.15) is 0 Å². The van der Waals surface area contributed by atoms with Crippen molar-refractivity contribution in [2.24, 2.45) is 0 Å². The van der Waals surface area contributed by atoms with Crippen molar-refractivity contribution in [3.63, 3.8) is 0 Å². The highest BCUT2D eigenvalue weighted by Gasteiger charge is 2.26. The van der Waals surface area contributed by atoms with Crippen molar-refractivity contribution in [2.75, 3.05) is 30.9 Å². The first kappa shape index (κ1) is 17.1. The summed E-state index contributed by atoms with van der Waals surface area (Å²) in [6.45, 7) is 1.71. The Morgan fingerprint density at radius 1 is 1.08 bits per heavy atom. The number of carbonyl (C=O) groups excluding carboxylic acids is 2. The van der Waals surface area contributed by atoms with Gasteiger partial charge in [-0.05, 0) is 24.3 Å². The predicted octanol–water partition coefficient (Wildman–Crippen LogP) is 0.214. The fourth-order valence-corrected chi connectivity index (χ4v) is 2.93. The van der Waals surface area contributed by atoms with Crippen molar-refractivity contribution in [1.29, 1.82) is 0 Å². The average molecular weight is 362 g/mol. The minimum atomic E-state index is -2.40. The zero-order valence-corrected chi connectivity index (χ0v) is 14.0. The second-order valence-electron chi connectivity index (χ2n) is 5.44. The van der Waals surface area contributed by atoms with Crippen LogP contribution in [0.2, 0.25) is 0 Å². The van der Waals surface area contributed by atoms with Crippen LogP contribution in [0.5, 0.6) is 0 Å². The van der Waals surface area contributed by atoms with Gasteiger partial charge in [0.05, 0.1) is 0 Å². The second-order valence-corrected chi connectivity index (χ2v) is 6.11. The standard InChI is InChI=1S/C15H17N5O4S/c21-14(11-1-3-12(4-2-11)18-25(23)24)19-7-9-20(10-8-19)15(22)13-16-5-6-17-13/h1-6,18H,7-10H2,(H,16,17)(H,23,24)/p-1. The molecule has 25 heavy (non-hydrogen) atoms. The van der Waals surface area contributed by atoms with Gasteiger partial charge >= 0.3 is 0 Å². The molecule has 2 N–H and O–H groups in total. The number of piperazine rings is 1. The number of nitrogens with zero attached hydrogens (tertiary/aromatic N) is 3. The van der Waals surface area contributed by atoms with Crippen LogP contribution in [0.4, 0.5) is 5.69 Å². The number of imidazole rings is 1. The van der Waals surface area contributed by atoms with Crippen LogP contribution in [-0.4, -0.2) is 66.5 Å². The van der Waals surface area contributed by atoms with Crippen LogP contribution in [0, 0.1) is 0 Å². The molecule has 1 aromatic carbocycles. The van der Waals surface area contributed by atoms with E-state index >= 15 is 0 Å². The van der Waals surface area contributed by atoms with Crippen LogP contribution in [0.15, 0.2) is 36.7 Å². The van der Waals surface area contributed by atoms with Gasteiger partial charge in [-0.25, -0.2) is 4.98 Å². The van der Waals surface area contributed by atoms with E-state index in [1.54, 1.807) is 28.1 Å². The fraction of sp³-hybridized carbons (Fsp3) is 0.267. The summed E-state index contributed by atoms with van der Waals surface area (Å²) >= 11 is -2.40. The first-order valence-electron chi connectivity index (χ1n) is 7.58. The Morgan fingerprint density at radius 2 is 1.68 bits per heavy atom. The van der Waals surface area contributed by atoms with Crippen molar-refractivity contribution < 1.29 is 18.4 Å². The van der Waals surface area contributed by atoms with Gasteiger partial charge < -0.3 is 24.1 Å². The number of H-pyrrole nitrogens is 1. The van der Waals surface area contributed by atoms with Crippen molar-refractivity contribution >= 4 is 28.8 Å². The molecule has 1 aliphatic heterocycles. The Balaban J connectivity index is 1.58. The largest absolute Gasteiger partial charge is 0.755 e. The Morgan fingerprint density at radius 3 is 2.20 bits per heavy atom. The Hall–Kier alpha value is -2.72. The highest BCUT2D eigenvalue weighted by molar-refractivity contribution is 7.80. The number of carbonyl (C=O) groups is 2. The molecule has 3 rings (SSSR count). The molecule has 9 nitrogen and oxygen atoms in total. The van der Waals surface area contributed by atoms with Crippen LogP contribution in [0.25, 0.3) is 0 Å². The van der Waals surface area contributed by atoms with E-state index in [0.717, 1.165) is 0 Å². The third kappa shape index (κ3) is 4.03. The van der Waals surface area contributed by atoms with Crippen molar-refractivity contribution in [3.05, 3.63) is 48.0 Å². The summed E-state index contributed by atoms with van der Waals surface area (Å²) in [5.41, 5.74) is 0.854. The van der Waals surface area contributed by atoms with Gasteiger partial charge in [-0.3, -0.25) is 13.8 Å². The summed E-state index contributed by atoms with van der Waals surface area (Å²) in [7, 11) is 0. The molecular formula is C15H16N5O4S-. The molecule has 10 heteroatoms. The van der Waals surface area contributed by atoms with Crippen LogP contribution in [-0.2, 0) is 11.3 Å². The summed E-state index contributed by atoms with van der Waals surface area (Å²) in [6.07, 6.45) is 3.11. The van der Waals surface area contributed by atoms with E-state index in [2.05, 4.69) is 14.7 Å². The monoisotopic (exact) mass is 362 g/mol. The normalized spacial score (nSPS) is 15.7. The molecule has 2 heterocycles. The van der Waals surface area contributed by atoms with Gasteiger partial charge in [0.2, 0.25) is 0 Å². The molecule has 1 atom stereocenters. The zero-order chi connectivity index (χ0) is 17.8. The third-order valence-electron chi connectivity index (χ3n) is 3.89. The summed E-state index contributed by atoms with van der Waals surface area (Å²) in [6, 6.07) is 6.19. The number of anilines is 1. The molecule has 1 fully saturated rings. The molecule has 1 saturated heterocycles. The van der Waals surface area contributed by atoms with Gasteiger partial charge in [0.25, 0.3) is 11.8 Å². The predicted molar refractivity (Wildman–Crippen MR) is 89.4 cm³/mol. The zero-order valence-electron chi connectivity index (χ0n) is 13.2. The highest BCUT2D eigenvalue weighted by atomic mass is 32.2. The van der Waals surface area contributed by atoms with E-state index in [4.69, 9.17) is 0 Å². The first-order valence-corrected chi connectivity index (χ1v) is 8.66. The average Bonchev–Trinajstić information content (AvgIpc) is 3.15. The maximum Gasteiger partial charge on any atom is 0.289 e. The number of aromatic amines is 1. The molecule has 0 aliphatic carbocycles. The Bertz CT molecular complexity index is 770. The van der Waals surface area contributed by atoms with Crippen molar-refractivity contribution in [2.45, 2.75) is 0 Å². The maximum atomic E-state index is 12.5. The van der Waals surface area contributed by atoms with Gasteiger partial charge in [-0.15, -0.1) is 0 Å². The number of amides is 2. The minimum absolute atomic E-state index is 0.153. The lowest BCUT2D eigenvalue weighted by molar-refractivity contribution is 0.0529. The van der Waals surface area contributed by atoms with Crippen molar-refractivity contribution in [1.82, 2.24) is 19.8 Å². The van der Waals surface area contributed by atoms with E-state index in [1.165, 1.54) is 18.3 Å². The molecule has 1 aliphatic rings. The van der Waals surface area contributed by atoms with Crippen LogP contribution < -0.4 is 4.72 Å². The molecule has 1 aromatic heterocycles. The van der Waals surface area contributed by atoms with Gasteiger partial charge in [-0.2, -0.15) is 0 Å². The Labute approximate surface area is 146 Å². The van der Waals surface area contributed by atoms with Crippen molar-refractivity contribution in [3.8, 4) is 0 Å². The maximum absolute atomic E-state index is 12.5. The summed E-state index contributed by atoms with van der Waals surface area (Å²) in [5, 5.41) is 0. The lowest BCUT2D eigenvalue weighted by Crippen LogP contribution is -2.50. The molecule has 2 aromatic rings. The smallest absolute Gasteiger partial charge is 0.289 e. The number of nitrogens with one attached hydrogen (secondary N) is 2. The fourth-order valence-electron chi connectivity index (χ4n) is 2.60. The molecular weight excluding hydrogens is 346 g/mol. The number of aromatic nitrogens is 2. The van der Waals surface area contributed by atoms with Crippen LogP contribution in [0.3, 0.4) is 0 Å². The van der Waals surface area contributed by atoms with Gasteiger partial charge in [0.15, 0.2) is 5.82 Å². The van der Waals surface area contributed by atoms with Crippen LogP contribution >= 0.6 is 0 Å². The number of hydrogen-bond donors (Lipinski definition) is 2. The SMILES string of the molecule is O=C(c1ccc(NS(=O)[O-])cc1)N1CCN(C(=O)c2ncc[nH]2)CC1. The number of hydrogen-bond acceptors (Lipinski definition) is 5. The highest BCUT2D eigenvalue weighted by Crippen LogP contribution is 2.14. The molecule has 0 bridgehead atoms.